The number of aryl methyl sites for hydroxylation is 3. The maximum absolute atomic E-state index is 11.7. The van der Waals surface area contributed by atoms with Crippen LogP contribution in [0.3, 0.4) is 0 Å². The molecule has 0 fully saturated rings. The monoisotopic (exact) mass is 297 g/mol. The van der Waals surface area contributed by atoms with Crippen molar-refractivity contribution in [2.45, 2.75) is 13.8 Å². The van der Waals surface area contributed by atoms with Crippen molar-refractivity contribution in [2.75, 3.05) is 5.32 Å². The van der Waals surface area contributed by atoms with E-state index in [-0.39, 0.29) is 5.91 Å². The van der Waals surface area contributed by atoms with Crippen LogP contribution >= 0.6 is 22.9 Å². The lowest BCUT2D eigenvalue weighted by atomic mass is 10.2. The van der Waals surface area contributed by atoms with E-state index in [1.807, 2.05) is 13.8 Å². The molecule has 2 aromatic rings. The van der Waals surface area contributed by atoms with Gasteiger partial charge in [-0.3, -0.25) is 14.8 Å². The number of halogens is 1. The first-order valence-corrected chi connectivity index (χ1v) is 6.65. The second-order valence-electron chi connectivity index (χ2n) is 3.86. The first-order chi connectivity index (χ1) is 8.97. The smallest absolute Gasteiger partial charge is 0.250 e. The highest BCUT2D eigenvalue weighted by molar-refractivity contribution is 7.15. The third-order valence-electron chi connectivity index (χ3n) is 2.35. The van der Waals surface area contributed by atoms with Crippen LogP contribution in [-0.4, -0.2) is 25.9 Å². The van der Waals surface area contributed by atoms with Gasteiger partial charge < -0.3 is 0 Å². The average Bonchev–Trinajstić information content (AvgIpc) is 2.83. The Bertz CT molecular complexity index is 646. The summed E-state index contributed by atoms with van der Waals surface area (Å²) in [5.41, 5.74) is 1.50. The number of carbonyl (C=O) groups is 1. The fourth-order valence-corrected chi connectivity index (χ4v) is 2.32. The Morgan fingerprint density at radius 1 is 1.42 bits per heavy atom. The molecule has 0 aliphatic heterocycles. The van der Waals surface area contributed by atoms with E-state index < -0.39 is 0 Å². The molecule has 0 spiro atoms. The SMILES string of the molecule is Cc1nnc(NC(=O)/C=C/c2c(C)nn(C)c2Cl)s1. The third-order valence-corrected chi connectivity index (χ3v) is 3.56. The Hall–Kier alpha value is -1.73. The van der Waals surface area contributed by atoms with Crippen LogP contribution in [-0.2, 0) is 11.8 Å². The number of nitrogens with one attached hydrogen (secondary N) is 1. The maximum Gasteiger partial charge on any atom is 0.250 e. The topological polar surface area (TPSA) is 72.7 Å². The van der Waals surface area contributed by atoms with E-state index in [4.69, 9.17) is 11.6 Å². The summed E-state index contributed by atoms with van der Waals surface area (Å²) in [6.07, 6.45) is 3.03. The van der Waals surface area contributed by atoms with Crippen LogP contribution in [0.15, 0.2) is 6.08 Å². The van der Waals surface area contributed by atoms with Gasteiger partial charge in [-0.25, -0.2) is 0 Å². The predicted octanol–water partition coefficient (Wildman–Crippen LogP) is 2.19. The van der Waals surface area contributed by atoms with E-state index in [1.54, 1.807) is 17.8 Å². The molecule has 0 aliphatic rings. The fraction of sp³-hybridized carbons (Fsp3) is 0.273. The molecule has 0 radical (unpaired) electrons. The number of rotatable bonds is 3. The van der Waals surface area contributed by atoms with Gasteiger partial charge in [0.15, 0.2) is 0 Å². The van der Waals surface area contributed by atoms with Crippen LogP contribution in [0.25, 0.3) is 6.08 Å². The highest BCUT2D eigenvalue weighted by Gasteiger charge is 2.09. The van der Waals surface area contributed by atoms with Crippen molar-refractivity contribution in [3.8, 4) is 0 Å². The number of hydrogen-bond acceptors (Lipinski definition) is 5. The van der Waals surface area contributed by atoms with Crippen LogP contribution in [0.4, 0.5) is 5.13 Å². The molecule has 8 heteroatoms. The van der Waals surface area contributed by atoms with Crippen LogP contribution in [0.2, 0.25) is 5.15 Å². The zero-order valence-electron chi connectivity index (χ0n) is 10.6. The molecular formula is C11H12ClN5OS. The third kappa shape index (κ3) is 3.18. The van der Waals surface area contributed by atoms with Gasteiger partial charge in [-0.05, 0) is 19.9 Å². The standard InChI is InChI=1S/C11H12ClN5OS/c1-6-8(10(12)17(3)16-6)4-5-9(18)13-11-15-14-7(2)19-11/h4-5H,1-3H3,(H,13,15,18)/b5-4+. The Morgan fingerprint density at radius 3 is 2.68 bits per heavy atom. The van der Waals surface area contributed by atoms with Gasteiger partial charge >= 0.3 is 0 Å². The maximum atomic E-state index is 11.7. The van der Waals surface area contributed by atoms with Gasteiger partial charge in [0, 0.05) is 18.7 Å². The van der Waals surface area contributed by atoms with Crippen molar-refractivity contribution in [2.24, 2.45) is 7.05 Å². The van der Waals surface area contributed by atoms with Crippen molar-refractivity contribution in [1.29, 1.82) is 0 Å². The van der Waals surface area contributed by atoms with Gasteiger partial charge in [0.1, 0.15) is 10.2 Å². The highest BCUT2D eigenvalue weighted by atomic mass is 35.5. The normalized spacial score (nSPS) is 11.2. The summed E-state index contributed by atoms with van der Waals surface area (Å²) < 4.78 is 1.56. The molecule has 6 nitrogen and oxygen atoms in total. The van der Waals surface area contributed by atoms with Crippen LogP contribution in [0.1, 0.15) is 16.3 Å². The van der Waals surface area contributed by atoms with Crippen molar-refractivity contribution in [3.05, 3.63) is 27.5 Å². The zero-order valence-corrected chi connectivity index (χ0v) is 12.2. The number of aromatic nitrogens is 4. The number of anilines is 1. The van der Waals surface area contributed by atoms with Gasteiger partial charge in [-0.1, -0.05) is 22.9 Å². The van der Waals surface area contributed by atoms with Gasteiger partial charge in [-0.2, -0.15) is 5.10 Å². The Balaban J connectivity index is 2.08. The molecule has 2 aromatic heterocycles. The van der Waals surface area contributed by atoms with E-state index in [9.17, 15) is 4.79 Å². The van der Waals surface area contributed by atoms with Crippen molar-refractivity contribution < 1.29 is 4.79 Å². The van der Waals surface area contributed by atoms with E-state index >= 15 is 0 Å². The minimum absolute atomic E-state index is 0.282. The van der Waals surface area contributed by atoms with Gasteiger partial charge in [0.25, 0.3) is 0 Å². The molecule has 2 heterocycles. The predicted molar refractivity (Wildman–Crippen MR) is 75.3 cm³/mol. The summed E-state index contributed by atoms with van der Waals surface area (Å²) in [7, 11) is 1.75. The largest absolute Gasteiger partial charge is 0.297 e. The molecule has 100 valence electrons. The molecular weight excluding hydrogens is 286 g/mol. The summed E-state index contributed by atoms with van der Waals surface area (Å²) in [4.78, 5) is 11.7. The number of carbonyl (C=O) groups excluding carboxylic acids is 1. The molecule has 0 atom stereocenters. The lowest BCUT2D eigenvalue weighted by Crippen LogP contribution is -2.07. The van der Waals surface area contributed by atoms with Crippen LogP contribution in [0, 0.1) is 13.8 Å². The van der Waals surface area contributed by atoms with Crippen LogP contribution in [0.5, 0.6) is 0 Å². The lowest BCUT2D eigenvalue weighted by molar-refractivity contribution is -0.111. The van der Waals surface area contributed by atoms with Gasteiger partial charge in [0.2, 0.25) is 11.0 Å². The van der Waals surface area contributed by atoms with E-state index in [1.165, 1.54) is 17.4 Å². The lowest BCUT2D eigenvalue weighted by Gasteiger charge is -1.95. The Kier molecular flexibility index (Phi) is 3.96. The van der Waals surface area contributed by atoms with Crippen molar-refractivity contribution in [1.82, 2.24) is 20.0 Å². The molecule has 19 heavy (non-hydrogen) atoms. The first-order valence-electron chi connectivity index (χ1n) is 5.45. The molecule has 0 bridgehead atoms. The first kappa shape index (κ1) is 13.7. The molecule has 1 N–H and O–H groups in total. The summed E-state index contributed by atoms with van der Waals surface area (Å²) in [5.74, 6) is -0.282. The fourth-order valence-electron chi connectivity index (χ4n) is 1.49. The quantitative estimate of drug-likeness (QED) is 0.882. The second-order valence-corrected chi connectivity index (χ2v) is 5.40. The Labute approximate surface area is 119 Å². The zero-order chi connectivity index (χ0) is 14.0. The average molecular weight is 298 g/mol. The van der Waals surface area contributed by atoms with E-state index in [2.05, 4.69) is 20.6 Å². The minimum Gasteiger partial charge on any atom is -0.297 e. The molecule has 0 saturated heterocycles. The van der Waals surface area contributed by atoms with Gasteiger partial charge in [0.05, 0.1) is 5.69 Å². The van der Waals surface area contributed by atoms with Crippen LogP contribution < -0.4 is 5.32 Å². The molecule has 1 amide bonds. The van der Waals surface area contributed by atoms with E-state index in [0.717, 1.165) is 16.3 Å². The molecule has 0 aromatic carbocycles. The number of nitrogens with zero attached hydrogens (tertiary/aromatic N) is 4. The second kappa shape index (κ2) is 5.50. The van der Waals surface area contributed by atoms with Crippen molar-refractivity contribution in [3.63, 3.8) is 0 Å². The number of hydrogen-bond donors (Lipinski definition) is 1. The highest BCUT2D eigenvalue weighted by Crippen LogP contribution is 2.20. The molecule has 0 aliphatic carbocycles. The molecule has 0 unspecified atom stereocenters. The molecule has 0 saturated carbocycles. The van der Waals surface area contributed by atoms with Crippen molar-refractivity contribution >= 4 is 40.1 Å². The minimum atomic E-state index is -0.282. The Morgan fingerprint density at radius 2 is 2.16 bits per heavy atom. The summed E-state index contributed by atoms with van der Waals surface area (Å²) in [6.45, 7) is 3.65. The van der Waals surface area contributed by atoms with E-state index in [0.29, 0.717) is 10.3 Å². The summed E-state index contributed by atoms with van der Waals surface area (Å²) >= 11 is 7.38. The number of amides is 1. The molecule has 2 rings (SSSR count). The summed E-state index contributed by atoms with van der Waals surface area (Å²) in [6, 6.07) is 0. The van der Waals surface area contributed by atoms with Gasteiger partial charge in [-0.15, -0.1) is 10.2 Å². The summed E-state index contributed by atoms with van der Waals surface area (Å²) in [5, 5.41) is 16.2.